The van der Waals surface area contributed by atoms with Crippen molar-refractivity contribution in [1.29, 1.82) is 0 Å². The Morgan fingerprint density at radius 1 is 0.879 bits per heavy atom. The van der Waals surface area contributed by atoms with Gasteiger partial charge in [-0.3, -0.25) is 9.59 Å². The van der Waals surface area contributed by atoms with Gasteiger partial charge in [0.2, 0.25) is 0 Å². The molecule has 1 aliphatic rings. The van der Waals surface area contributed by atoms with Crippen LogP contribution in [0, 0.1) is 6.92 Å². The summed E-state index contributed by atoms with van der Waals surface area (Å²) < 4.78 is 11.9. The highest BCUT2D eigenvalue weighted by Crippen LogP contribution is 2.32. The molecule has 2 amide bonds. The Hall–Kier alpha value is -4.04. The molecule has 5 rings (SSSR count). The van der Waals surface area contributed by atoms with Gasteiger partial charge in [-0.25, -0.2) is 0 Å². The predicted molar refractivity (Wildman–Crippen MR) is 128 cm³/mol. The quantitative estimate of drug-likeness (QED) is 0.389. The van der Waals surface area contributed by atoms with E-state index in [2.05, 4.69) is 10.6 Å². The number of rotatable bonds is 4. The van der Waals surface area contributed by atoms with Crippen molar-refractivity contribution in [2.45, 2.75) is 6.92 Å². The van der Waals surface area contributed by atoms with Gasteiger partial charge in [-0.05, 0) is 72.5 Å². The first-order valence-electron chi connectivity index (χ1n) is 10.3. The van der Waals surface area contributed by atoms with E-state index in [-0.39, 0.29) is 17.6 Å². The second kappa shape index (κ2) is 8.48. The second-order valence-electron chi connectivity index (χ2n) is 7.63. The highest BCUT2D eigenvalue weighted by atomic mass is 32.1. The van der Waals surface area contributed by atoms with E-state index >= 15 is 0 Å². The first-order chi connectivity index (χ1) is 16.0. The molecular weight excluding hydrogens is 440 g/mol. The molecule has 0 bridgehead atoms. The number of fused-ring (bicyclic) bond motifs is 2. The molecular formula is C25H20N2O5S. The van der Waals surface area contributed by atoms with Crippen molar-refractivity contribution in [2.75, 3.05) is 23.8 Å². The number of aryl methyl sites for hydroxylation is 1. The molecule has 0 saturated carbocycles. The molecule has 7 nitrogen and oxygen atoms in total. The molecule has 0 saturated heterocycles. The average molecular weight is 461 g/mol. The van der Waals surface area contributed by atoms with Gasteiger partial charge in [-0.2, -0.15) is 0 Å². The van der Waals surface area contributed by atoms with Crippen LogP contribution in [0.1, 0.15) is 25.6 Å². The maximum atomic E-state index is 12.8. The molecule has 3 aromatic carbocycles. The highest BCUT2D eigenvalue weighted by molar-refractivity contribution is 7.20. The second-order valence-corrected chi connectivity index (χ2v) is 8.71. The zero-order chi connectivity index (χ0) is 22.9. The number of ether oxygens (including phenoxy) is 2. The zero-order valence-electron chi connectivity index (χ0n) is 17.7. The molecule has 4 aromatic rings. The molecule has 2 heterocycles. The van der Waals surface area contributed by atoms with Gasteiger partial charge < -0.3 is 25.2 Å². The lowest BCUT2D eigenvalue weighted by atomic mass is 10.1. The molecule has 8 heteroatoms. The lowest BCUT2D eigenvalue weighted by molar-refractivity contribution is 0.102. The summed E-state index contributed by atoms with van der Waals surface area (Å²) in [6.07, 6.45) is 0. The number of benzene rings is 3. The van der Waals surface area contributed by atoms with Crippen molar-refractivity contribution in [2.24, 2.45) is 0 Å². The number of thiophene rings is 1. The fourth-order valence-electron chi connectivity index (χ4n) is 3.54. The van der Waals surface area contributed by atoms with Crippen molar-refractivity contribution in [3.8, 4) is 17.2 Å². The van der Waals surface area contributed by atoms with Crippen LogP contribution in [0.15, 0.2) is 60.7 Å². The summed E-state index contributed by atoms with van der Waals surface area (Å²) in [5.41, 5.74) is 2.45. The number of anilines is 2. The van der Waals surface area contributed by atoms with Crippen molar-refractivity contribution < 1.29 is 24.2 Å². The van der Waals surface area contributed by atoms with E-state index in [0.29, 0.717) is 46.5 Å². The number of nitrogens with one attached hydrogen (secondary N) is 2. The lowest BCUT2D eigenvalue weighted by Gasteiger charge is -2.18. The van der Waals surface area contributed by atoms with Gasteiger partial charge in [0.05, 0.1) is 4.88 Å². The van der Waals surface area contributed by atoms with Crippen LogP contribution in [0.4, 0.5) is 11.4 Å². The Balaban J connectivity index is 1.33. The maximum absolute atomic E-state index is 12.8. The first kappa shape index (κ1) is 20.8. The van der Waals surface area contributed by atoms with Crippen molar-refractivity contribution in [3.63, 3.8) is 0 Å². The Bertz CT molecular complexity index is 1400. The normalized spacial score (nSPS) is 12.4. The third kappa shape index (κ3) is 4.33. The number of carbonyl (C=O) groups excluding carboxylic acids is 2. The van der Waals surface area contributed by atoms with E-state index in [9.17, 15) is 14.7 Å². The van der Waals surface area contributed by atoms with E-state index in [1.54, 1.807) is 54.6 Å². The Morgan fingerprint density at radius 3 is 2.55 bits per heavy atom. The van der Waals surface area contributed by atoms with Crippen LogP contribution in [0.2, 0.25) is 0 Å². The number of phenols is 1. The number of carbonyl (C=O) groups is 2. The van der Waals surface area contributed by atoms with E-state index in [1.807, 2.05) is 13.0 Å². The van der Waals surface area contributed by atoms with Gasteiger partial charge in [0.25, 0.3) is 11.8 Å². The minimum Gasteiger partial charge on any atom is -0.508 e. The number of hydrogen-bond donors (Lipinski definition) is 3. The smallest absolute Gasteiger partial charge is 0.265 e. The molecule has 0 unspecified atom stereocenters. The summed E-state index contributed by atoms with van der Waals surface area (Å²) >= 11 is 1.30. The van der Waals surface area contributed by atoms with Crippen LogP contribution in [0.25, 0.3) is 10.1 Å². The number of phenolic OH excluding ortho intramolecular Hbond substituents is 1. The van der Waals surface area contributed by atoms with E-state index in [1.165, 1.54) is 11.3 Å². The predicted octanol–water partition coefficient (Wildman–Crippen LogP) is 5.19. The largest absolute Gasteiger partial charge is 0.508 e. The molecule has 0 atom stereocenters. The lowest BCUT2D eigenvalue weighted by Crippen LogP contribution is -2.17. The monoisotopic (exact) mass is 460 g/mol. The summed E-state index contributed by atoms with van der Waals surface area (Å²) in [4.78, 5) is 26.1. The molecule has 0 radical (unpaired) electrons. The zero-order valence-corrected chi connectivity index (χ0v) is 18.5. The van der Waals surface area contributed by atoms with Crippen LogP contribution < -0.4 is 20.1 Å². The first-order valence-corrected chi connectivity index (χ1v) is 11.1. The van der Waals surface area contributed by atoms with E-state index in [4.69, 9.17) is 9.47 Å². The average Bonchev–Trinajstić information content (AvgIpc) is 3.24. The summed E-state index contributed by atoms with van der Waals surface area (Å²) in [6, 6.07) is 17.2. The molecule has 166 valence electrons. The van der Waals surface area contributed by atoms with E-state index < -0.39 is 0 Å². The molecule has 1 aromatic heterocycles. The molecule has 0 fully saturated rings. The maximum Gasteiger partial charge on any atom is 0.265 e. The topological polar surface area (TPSA) is 96.9 Å². The van der Waals surface area contributed by atoms with E-state index in [0.717, 1.165) is 15.6 Å². The van der Waals surface area contributed by atoms with Crippen LogP contribution in [0.3, 0.4) is 0 Å². The number of amides is 2. The Kier molecular flexibility index (Phi) is 5.35. The summed E-state index contributed by atoms with van der Waals surface area (Å²) in [7, 11) is 0. The Labute approximate surface area is 193 Å². The third-order valence-corrected chi connectivity index (χ3v) is 6.37. The van der Waals surface area contributed by atoms with Crippen molar-refractivity contribution >= 4 is 44.6 Å². The standard InChI is InChI=1S/C25H20N2O5S/c1-14-2-5-17(26-24(29)16-4-7-20-21(10-16)32-9-8-31-20)12-19(14)27-25(30)23-11-15-3-6-18(28)13-22(15)33-23/h2-7,10-13,28H,8-9H2,1H3,(H,26,29)(H,27,30). The van der Waals surface area contributed by atoms with Crippen LogP contribution in [-0.2, 0) is 0 Å². The summed E-state index contributed by atoms with van der Waals surface area (Å²) in [5, 5.41) is 16.3. The number of hydrogen-bond acceptors (Lipinski definition) is 6. The summed E-state index contributed by atoms with van der Waals surface area (Å²) in [5.74, 6) is 0.775. The van der Waals surface area contributed by atoms with Crippen molar-refractivity contribution in [1.82, 2.24) is 0 Å². The third-order valence-electron chi connectivity index (χ3n) is 5.28. The SMILES string of the molecule is Cc1ccc(NC(=O)c2ccc3c(c2)OCCO3)cc1NC(=O)c1cc2ccc(O)cc2s1. The molecule has 3 N–H and O–H groups in total. The minimum absolute atomic E-state index is 0.161. The van der Waals surface area contributed by atoms with Gasteiger partial charge in [0.15, 0.2) is 11.5 Å². The Morgan fingerprint density at radius 2 is 1.70 bits per heavy atom. The van der Waals surface area contributed by atoms with Crippen LogP contribution in [0.5, 0.6) is 17.2 Å². The van der Waals surface area contributed by atoms with Gasteiger partial charge >= 0.3 is 0 Å². The molecule has 1 aliphatic heterocycles. The van der Waals surface area contributed by atoms with Gasteiger partial charge in [0, 0.05) is 21.6 Å². The van der Waals surface area contributed by atoms with Gasteiger partial charge in [0.1, 0.15) is 19.0 Å². The fourth-order valence-corrected chi connectivity index (χ4v) is 4.53. The molecule has 33 heavy (non-hydrogen) atoms. The van der Waals surface area contributed by atoms with Gasteiger partial charge in [-0.1, -0.05) is 6.07 Å². The summed E-state index contributed by atoms with van der Waals surface area (Å²) in [6.45, 7) is 2.81. The van der Waals surface area contributed by atoms with Crippen LogP contribution >= 0.6 is 11.3 Å². The molecule has 0 spiro atoms. The molecule has 0 aliphatic carbocycles. The highest BCUT2D eigenvalue weighted by Gasteiger charge is 2.16. The fraction of sp³-hybridized carbons (Fsp3) is 0.120. The van der Waals surface area contributed by atoms with Crippen LogP contribution in [-0.4, -0.2) is 30.1 Å². The number of aromatic hydroxyl groups is 1. The minimum atomic E-state index is -0.294. The van der Waals surface area contributed by atoms with Gasteiger partial charge in [-0.15, -0.1) is 11.3 Å². The van der Waals surface area contributed by atoms with Crippen molar-refractivity contribution in [3.05, 3.63) is 76.7 Å².